The van der Waals surface area contributed by atoms with Gasteiger partial charge in [-0.05, 0) is 5.56 Å². The van der Waals surface area contributed by atoms with Crippen LogP contribution in [0.3, 0.4) is 0 Å². The maximum Gasteiger partial charge on any atom is 0.266 e. The first-order valence-electron chi connectivity index (χ1n) is 5.86. The van der Waals surface area contributed by atoms with Crippen molar-refractivity contribution in [3.8, 4) is 0 Å². The van der Waals surface area contributed by atoms with E-state index in [0.717, 1.165) is 16.8 Å². The summed E-state index contributed by atoms with van der Waals surface area (Å²) >= 11 is 0. The summed E-state index contributed by atoms with van der Waals surface area (Å²) in [6.07, 6.45) is 0.362. The van der Waals surface area contributed by atoms with Gasteiger partial charge in [-0.3, -0.25) is 0 Å². The van der Waals surface area contributed by atoms with Gasteiger partial charge >= 0.3 is 0 Å². The van der Waals surface area contributed by atoms with Crippen molar-refractivity contribution in [2.24, 2.45) is 5.16 Å². The SMILES string of the molecule is O[C@@]1(c2ccccc2)CC(c2ccccc2)=NO1. The smallest absolute Gasteiger partial charge is 0.266 e. The van der Waals surface area contributed by atoms with Crippen LogP contribution in [-0.2, 0) is 10.6 Å². The van der Waals surface area contributed by atoms with Crippen molar-refractivity contribution in [3.05, 3.63) is 71.8 Å². The number of oxime groups is 1. The third kappa shape index (κ3) is 1.89. The summed E-state index contributed by atoms with van der Waals surface area (Å²) in [6.45, 7) is 0. The predicted octanol–water partition coefficient (Wildman–Crippen LogP) is 2.66. The standard InChI is InChI=1S/C15H13NO2/c17-15(13-9-5-2-6-10-13)11-14(16-18-15)12-7-3-1-4-8-12/h1-10,17H,11H2/t15-/m0/s1. The molecule has 3 nitrogen and oxygen atoms in total. The lowest BCUT2D eigenvalue weighted by atomic mass is 9.97. The second kappa shape index (κ2) is 4.27. The second-order valence-corrected chi connectivity index (χ2v) is 4.32. The van der Waals surface area contributed by atoms with Crippen LogP contribution in [0.15, 0.2) is 65.8 Å². The molecule has 0 aromatic heterocycles. The minimum atomic E-state index is -1.34. The molecule has 1 atom stereocenters. The molecule has 0 amide bonds. The molecule has 18 heavy (non-hydrogen) atoms. The highest BCUT2D eigenvalue weighted by Crippen LogP contribution is 2.33. The Morgan fingerprint density at radius 2 is 1.56 bits per heavy atom. The second-order valence-electron chi connectivity index (χ2n) is 4.32. The van der Waals surface area contributed by atoms with Gasteiger partial charge in [0.05, 0.1) is 12.1 Å². The average molecular weight is 239 g/mol. The first-order valence-corrected chi connectivity index (χ1v) is 5.86. The van der Waals surface area contributed by atoms with Gasteiger partial charge in [0.25, 0.3) is 5.79 Å². The van der Waals surface area contributed by atoms with Crippen LogP contribution < -0.4 is 0 Å². The van der Waals surface area contributed by atoms with E-state index in [1.165, 1.54) is 0 Å². The Labute approximate surface area is 105 Å². The Hall–Kier alpha value is -2.13. The average Bonchev–Trinajstić information content (AvgIpc) is 2.85. The molecule has 0 fully saturated rings. The van der Waals surface area contributed by atoms with E-state index in [9.17, 15) is 5.11 Å². The van der Waals surface area contributed by atoms with Crippen LogP contribution in [0.2, 0.25) is 0 Å². The summed E-state index contributed by atoms with van der Waals surface area (Å²) in [4.78, 5) is 5.24. The van der Waals surface area contributed by atoms with Gasteiger partial charge in [0.2, 0.25) is 0 Å². The van der Waals surface area contributed by atoms with E-state index in [0.29, 0.717) is 6.42 Å². The van der Waals surface area contributed by atoms with Crippen LogP contribution in [0.1, 0.15) is 17.5 Å². The fraction of sp³-hybridized carbons (Fsp3) is 0.133. The van der Waals surface area contributed by atoms with Gasteiger partial charge in [-0.1, -0.05) is 65.8 Å². The van der Waals surface area contributed by atoms with E-state index in [-0.39, 0.29) is 0 Å². The number of hydrogen-bond acceptors (Lipinski definition) is 3. The van der Waals surface area contributed by atoms with Crippen LogP contribution in [0.5, 0.6) is 0 Å². The normalized spacial score (nSPS) is 22.4. The van der Waals surface area contributed by atoms with Crippen molar-refractivity contribution in [2.75, 3.05) is 0 Å². The number of hydrogen-bond donors (Lipinski definition) is 1. The molecule has 0 aliphatic carbocycles. The quantitative estimate of drug-likeness (QED) is 0.875. The number of benzene rings is 2. The maximum absolute atomic E-state index is 10.5. The van der Waals surface area contributed by atoms with Crippen molar-refractivity contribution in [3.63, 3.8) is 0 Å². The van der Waals surface area contributed by atoms with E-state index < -0.39 is 5.79 Å². The van der Waals surface area contributed by atoms with E-state index in [1.54, 1.807) is 0 Å². The monoisotopic (exact) mass is 239 g/mol. The zero-order valence-corrected chi connectivity index (χ0v) is 9.78. The van der Waals surface area contributed by atoms with Crippen LogP contribution in [-0.4, -0.2) is 10.8 Å². The number of aliphatic hydroxyl groups is 1. The van der Waals surface area contributed by atoms with Crippen molar-refractivity contribution in [1.29, 1.82) is 0 Å². The summed E-state index contributed by atoms with van der Waals surface area (Å²) in [6, 6.07) is 19.1. The van der Waals surface area contributed by atoms with Crippen LogP contribution in [0.4, 0.5) is 0 Å². The molecule has 1 heterocycles. The van der Waals surface area contributed by atoms with Crippen molar-refractivity contribution in [2.45, 2.75) is 12.2 Å². The molecule has 0 spiro atoms. The molecule has 3 heteroatoms. The maximum atomic E-state index is 10.5. The van der Waals surface area contributed by atoms with E-state index in [1.807, 2.05) is 60.7 Å². The highest BCUT2D eigenvalue weighted by molar-refractivity contribution is 6.01. The lowest BCUT2D eigenvalue weighted by molar-refractivity contribution is -0.193. The minimum absolute atomic E-state index is 0.362. The molecule has 1 aliphatic rings. The van der Waals surface area contributed by atoms with Crippen molar-refractivity contribution >= 4 is 5.71 Å². The Kier molecular flexibility index (Phi) is 2.61. The Morgan fingerprint density at radius 1 is 0.944 bits per heavy atom. The van der Waals surface area contributed by atoms with Gasteiger partial charge in [-0.15, -0.1) is 0 Å². The molecule has 2 aromatic rings. The summed E-state index contributed by atoms with van der Waals surface area (Å²) in [5.41, 5.74) is 2.46. The molecule has 0 saturated carbocycles. The zero-order valence-electron chi connectivity index (χ0n) is 9.78. The Bertz CT molecular complexity index is 566. The minimum Gasteiger partial charge on any atom is -0.355 e. The van der Waals surface area contributed by atoms with Crippen molar-refractivity contribution in [1.82, 2.24) is 0 Å². The fourth-order valence-electron chi connectivity index (χ4n) is 2.06. The van der Waals surface area contributed by atoms with Gasteiger partial charge in [0, 0.05) is 5.56 Å². The number of rotatable bonds is 2. The molecule has 1 aliphatic heterocycles. The highest BCUT2D eigenvalue weighted by atomic mass is 16.7. The lowest BCUT2D eigenvalue weighted by Crippen LogP contribution is -2.25. The van der Waals surface area contributed by atoms with Gasteiger partial charge in [0.1, 0.15) is 0 Å². The van der Waals surface area contributed by atoms with Gasteiger partial charge in [-0.2, -0.15) is 0 Å². The molecule has 3 rings (SSSR count). The first-order chi connectivity index (χ1) is 8.78. The highest BCUT2D eigenvalue weighted by Gasteiger charge is 2.38. The predicted molar refractivity (Wildman–Crippen MR) is 69.0 cm³/mol. The molecular weight excluding hydrogens is 226 g/mol. The zero-order chi connectivity index (χ0) is 12.4. The van der Waals surface area contributed by atoms with E-state index >= 15 is 0 Å². The molecule has 0 radical (unpaired) electrons. The molecule has 0 unspecified atom stereocenters. The summed E-state index contributed by atoms with van der Waals surface area (Å²) in [5, 5.41) is 14.5. The molecule has 2 aromatic carbocycles. The van der Waals surface area contributed by atoms with E-state index in [4.69, 9.17) is 4.84 Å². The fourth-order valence-corrected chi connectivity index (χ4v) is 2.06. The summed E-state index contributed by atoms with van der Waals surface area (Å²) < 4.78 is 0. The van der Waals surface area contributed by atoms with Gasteiger partial charge in [-0.25, -0.2) is 0 Å². The third-order valence-corrected chi connectivity index (χ3v) is 3.05. The molecular formula is C15H13NO2. The van der Waals surface area contributed by atoms with Crippen molar-refractivity contribution < 1.29 is 9.94 Å². The Morgan fingerprint density at radius 3 is 2.22 bits per heavy atom. The molecule has 0 saturated heterocycles. The van der Waals surface area contributed by atoms with Gasteiger partial charge in [0.15, 0.2) is 0 Å². The first kappa shape index (κ1) is 11.0. The van der Waals surface area contributed by atoms with Crippen LogP contribution in [0, 0.1) is 0 Å². The topological polar surface area (TPSA) is 41.8 Å². The summed E-state index contributed by atoms with van der Waals surface area (Å²) in [5.74, 6) is -1.34. The molecule has 90 valence electrons. The lowest BCUT2D eigenvalue weighted by Gasteiger charge is -2.19. The number of nitrogens with zero attached hydrogens (tertiary/aromatic N) is 1. The van der Waals surface area contributed by atoms with Crippen LogP contribution >= 0.6 is 0 Å². The molecule has 0 bridgehead atoms. The van der Waals surface area contributed by atoms with Gasteiger partial charge < -0.3 is 9.94 Å². The largest absolute Gasteiger partial charge is 0.355 e. The summed E-state index contributed by atoms with van der Waals surface area (Å²) in [7, 11) is 0. The van der Waals surface area contributed by atoms with E-state index in [2.05, 4.69) is 5.16 Å². The Balaban J connectivity index is 1.86. The molecule has 1 N–H and O–H groups in total. The third-order valence-electron chi connectivity index (χ3n) is 3.05. The van der Waals surface area contributed by atoms with Crippen LogP contribution in [0.25, 0.3) is 0 Å².